The van der Waals surface area contributed by atoms with Crippen molar-refractivity contribution in [3.8, 4) is 28.7 Å². The van der Waals surface area contributed by atoms with Gasteiger partial charge in [0.1, 0.15) is 11.5 Å². The molecule has 3 aromatic carbocycles. The normalized spacial score (nSPS) is 17.5. The molecule has 7 nitrogen and oxygen atoms in total. The third kappa shape index (κ3) is 4.56. The van der Waals surface area contributed by atoms with E-state index < -0.39 is 0 Å². The van der Waals surface area contributed by atoms with Crippen LogP contribution in [0.25, 0.3) is 5.69 Å². The van der Waals surface area contributed by atoms with Crippen molar-refractivity contribution in [3.05, 3.63) is 126 Å². The average molecular weight is 561 g/mol. The summed E-state index contributed by atoms with van der Waals surface area (Å²) >= 11 is 5.96. The van der Waals surface area contributed by atoms with Gasteiger partial charge in [-0.05, 0) is 98.4 Å². The maximum Gasteiger partial charge on any atom is 0.231 e. The first-order valence-electron chi connectivity index (χ1n) is 13.5. The Bertz CT molecular complexity index is 1720. The van der Waals surface area contributed by atoms with Crippen molar-refractivity contribution in [2.24, 2.45) is 0 Å². The lowest BCUT2D eigenvalue weighted by Crippen LogP contribution is -2.29. The molecule has 204 valence electrons. The third-order valence-electron chi connectivity index (χ3n) is 7.60. The highest BCUT2D eigenvalue weighted by atomic mass is 32.1. The monoisotopic (exact) mass is 560 g/mol. The van der Waals surface area contributed by atoms with Gasteiger partial charge in [-0.2, -0.15) is 0 Å². The van der Waals surface area contributed by atoms with Crippen LogP contribution in [0.4, 0.5) is 5.69 Å². The number of aromatic nitrogens is 2. The number of para-hydroxylation sites is 1. The van der Waals surface area contributed by atoms with Gasteiger partial charge < -0.3 is 29.0 Å². The second-order valence-electron chi connectivity index (χ2n) is 10.1. The molecule has 2 aromatic heterocycles. The standard InChI is InChI=1S/C33H28N4O3S/c1-21-18-27(22(2)36(21)24-13-16-29-30(19-24)39-20-38-29)32-31(28-10-6-7-17-34-28)35-33(41)37(32)23-11-14-26(15-12-23)40-25-8-4-3-5-9-25/h3-19,31-32H,20H2,1-2H3,(H,35,41)/t31-,32-/m0/s1. The maximum atomic E-state index is 6.04. The van der Waals surface area contributed by atoms with Crippen LogP contribution in [-0.4, -0.2) is 21.5 Å². The molecule has 1 saturated heterocycles. The van der Waals surface area contributed by atoms with E-state index in [1.807, 2.05) is 79.0 Å². The molecule has 0 radical (unpaired) electrons. The number of hydrogen-bond donors (Lipinski definition) is 1. The Balaban J connectivity index is 1.29. The number of fused-ring (bicyclic) bond motifs is 1. The molecule has 4 heterocycles. The number of ether oxygens (including phenoxy) is 3. The summed E-state index contributed by atoms with van der Waals surface area (Å²) in [5.74, 6) is 3.08. The molecule has 2 atom stereocenters. The highest BCUT2D eigenvalue weighted by Crippen LogP contribution is 2.44. The zero-order chi connectivity index (χ0) is 27.9. The van der Waals surface area contributed by atoms with Gasteiger partial charge in [0.15, 0.2) is 16.6 Å². The van der Waals surface area contributed by atoms with Crippen molar-refractivity contribution in [3.63, 3.8) is 0 Å². The molecule has 5 aromatic rings. The molecule has 1 N–H and O–H groups in total. The second kappa shape index (κ2) is 10.3. The van der Waals surface area contributed by atoms with Crippen molar-refractivity contribution < 1.29 is 14.2 Å². The molecule has 0 bridgehead atoms. The summed E-state index contributed by atoms with van der Waals surface area (Å²) in [5, 5.41) is 4.22. The number of thiocarbonyl (C=S) groups is 1. The summed E-state index contributed by atoms with van der Waals surface area (Å²) in [6.45, 7) is 4.52. The largest absolute Gasteiger partial charge is 0.457 e. The molecule has 7 rings (SSSR count). The lowest BCUT2D eigenvalue weighted by Gasteiger charge is -2.28. The van der Waals surface area contributed by atoms with E-state index in [0.29, 0.717) is 5.11 Å². The van der Waals surface area contributed by atoms with Gasteiger partial charge in [-0.15, -0.1) is 0 Å². The summed E-state index contributed by atoms with van der Waals surface area (Å²) in [5.41, 5.74) is 6.31. The van der Waals surface area contributed by atoms with Crippen LogP contribution in [-0.2, 0) is 0 Å². The van der Waals surface area contributed by atoms with Crippen molar-refractivity contribution in [1.82, 2.24) is 14.9 Å². The summed E-state index contributed by atoms with van der Waals surface area (Å²) in [4.78, 5) is 6.90. The Labute approximate surface area is 243 Å². The van der Waals surface area contributed by atoms with Crippen LogP contribution in [0.2, 0.25) is 0 Å². The average Bonchev–Trinajstić information content (AvgIpc) is 3.69. The zero-order valence-electron chi connectivity index (χ0n) is 22.7. The third-order valence-corrected chi connectivity index (χ3v) is 7.91. The van der Waals surface area contributed by atoms with Gasteiger partial charge in [0, 0.05) is 35.0 Å². The summed E-state index contributed by atoms with van der Waals surface area (Å²) in [6.07, 6.45) is 1.82. The van der Waals surface area contributed by atoms with Crippen molar-refractivity contribution >= 4 is 23.0 Å². The number of pyridine rings is 1. The highest BCUT2D eigenvalue weighted by Gasteiger charge is 2.42. The van der Waals surface area contributed by atoms with Gasteiger partial charge in [-0.25, -0.2) is 0 Å². The lowest BCUT2D eigenvalue weighted by molar-refractivity contribution is 0.174. The first-order valence-corrected chi connectivity index (χ1v) is 13.9. The second-order valence-corrected chi connectivity index (χ2v) is 10.5. The van der Waals surface area contributed by atoms with Gasteiger partial charge in [-0.1, -0.05) is 24.3 Å². The highest BCUT2D eigenvalue weighted by molar-refractivity contribution is 7.80. The minimum Gasteiger partial charge on any atom is -0.457 e. The molecule has 0 unspecified atom stereocenters. The fourth-order valence-electron chi connectivity index (χ4n) is 5.76. The summed E-state index contributed by atoms with van der Waals surface area (Å²) in [6, 6.07) is 31.9. The molecule has 0 amide bonds. The first kappa shape index (κ1) is 25.2. The van der Waals surface area contributed by atoms with Gasteiger partial charge in [0.05, 0.1) is 17.8 Å². The van der Waals surface area contributed by atoms with E-state index in [-0.39, 0.29) is 18.9 Å². The summed E-state index contributed by atoms with van der Waals surface area (Å²) < 4.78 is 19.5. The fraction of sp³-hybridized carbons (Fsp3) is 0.152. The van der Waals surface area contributed by atoms with Crippen molar-refractivity contribution in [2.75, 3.05) is 11.7 Å². The van der Waals surface area contributed by atoms with Crippen LogP contribution in [0.15, 0.2) is 103 Å². The number of aryl methyl sites for hydroxylation is 1. The van der Waals surface area contributed by atoms with Crippen LogP contribution in [0.1, 0.15) is 34.7 Å². The number of rotatable bonds is 6. The lowest BCUT2D eigenvalue weighted by atomic mass is 9.96. The van der Waals surface area contributed by atoms with E-state index >= 15 is 0 Å². The van der Waals surface area contributed by atoms with Gasteiger partial charge in [0.2, 0.25) is 6.79 Å². The smallest absolute Gasteiger partial charge is 0.231 e. The van der Waals surface area contributed by atoms with E-state index in [4.69, 9.17) is 31.4 Å². The Morgan fingerprint density at radius 2 is 1.56 bits per heavy atom. The van der Waals surface area contributed by atoms with Crippen molar-refractivity contribution in [2.45, 2.75) is 25.9 Å². The molecule has 0 aliphatic carbocycles. The van der Waals surface area contributed by atoms with Gasteiger partial charge in [-0.3, -0.25) is 4.98 Å². The first-order chi connectivity index (χ1) is 20.1. The number of nitrogens with one attached hydrogen (secondary N) is 1. The SMILES string of the molecule is Cc1cc([C@H]2[C@H](c3ccccn3)NC(=S)N2c2ccc(Oc3ccccc3)cc2)c(C)n1-c1ccc2c(c1)OCO2. The fourth-order valence-corrected chi connectivity index (χ4v) is 6.10. The Morgan fingerprint density at radius 1 is 0.829 bits per heavy atom. The Kier molecular flexibility index (Phi) is 6.32. The molecule has 2 aliphatic heterocycles. The predicted molar refractivity (Wildman–Crippen MR) is 162 cm³/mol. The maximum absolute atomic E-state index is 6.04. The predicted octanol–water partition coefficient (Wildman–Crippen LogP) is 7.19. The minimum atomic E-state index is -0.144. The summed E-state index contributed by atoms with van der Waals surface area (Å²) in [7, 11) is 0. The van der Waals surface area contributed by atoms with Gasteiger partial charge >= 0.3 is 0 Å². The van der Waals surface area contributed by atoms with Gasteiger partial charge in [0.25, 0.3) is 0 Å². The van der Waals surface area contributed by atoms with E-state index in [0.717, 1.165) is 57.0 Å². The van der Waals surface area contributed by atoms with E-state index in [9.17, 15) is 0 Å². The molecule has 0 spiro atoms. The van der Waals surface area contributed by atoms with E-state index in [1.54, 1.807) is 0 Å². The quantitative estimate of drug-likeness (QED) is 0.221. The van der Waals surface area contributed by atoms with E-state index in [1.165, 1.54) is 0 Å². The molecule has 2 aliphatic rings. The van der Waals surface area contributed by atoms with E-state index in [2.05, 4.69) is 52.9 Å². The molecule has 1 fully saturated rings. The number of benzene rings is 3. The van der Waals surface area contributed by atoms with Crippen LogP contribution >= 0.6 is 12.2 Å². The van der Waals surface area contributed by atoms with Crippen molar-refractivity contribution in [1.29, 1.82) is 0 Å². The number of anilines is 1. The molecule has 0 saturated carbocycles. The molecule has 8 heteroatoms. The number of hydrogen-bond acceptors (Lipinski definition) is 5. The van der Waals surface area contributed by atoms with Crippen LogP contribution < -0.4 is 24.4 Å². The molecular weight excluding hydrogens is 532 g/mol. The Morgan fingerprint density at radius 3 is 2.34 bits per heavy atom. The topological polar surface area (TPSA) is 60.8 Å². The van der Waals surface area contributed by atoms with Crippen LogP contribution in [0, 0.1) is 13.8 Å². The Hall–Kier alpha value is -4.82. The molecular formula is C33H28N4O3S. The zero-order valence-corrected chi connectivity index (χ0v) is 23.5. The number of nitrogens with zero attached hydrogens (tertiary/aromatic N) is 3. The van der Waals surface area contributed by atoms with Crippen LogP contribution in [0.3, 0.4) is 0 Å². The molecule has 41 heavy (non-hydrogen) atoms. The van der Waals surface area contributed by atoms with Crippen LogP contribution in [0.5, 0.6) is 23.0 Å². The minimum absolute atomic E-state index is 0.132.